The van der Waals surface area contributed by atoms with Crippen molar-refractivity contribution in [2.45, 2.75) is 84.5 Å². The standard InChI is InChI=1S/C48H47F2N5/c1-45(2,3)31-22-23-51-43(28-31)55-38-18-12-10-16-36(38)44-42(55)27-34(29-52-44)48(49,50)33-24-32(46(4,5)6)25-35(26-33)53-30-54(41-21-15-14-20-40(41)53)39-19-13-11-17-37(39)47(7,8)9/h10-29H,1-9H3/q+2/i14D,15D,20D,21D. The lowest BCUT2D eigenvalue weighted by Gasteiger charge is -2.23. The SMILES string of the molecule is [2H]c1c([2H])c([2H])c2c(c1[2H])[N+](c1cc(C(C)(C)C)cc(C(F)(F)c3cnc4c5ccccc5n(-c5cc(C(C)(C)C)ccn5)c4c3)c1)=C=[N+]2c1ccccc1C(C)(C)C. The minimum absolute atomic E-state index is 0.123. The van der Waals surface area contributed by atoms with Crippen LogP contribution in [0.3, 0.4) is 0 Å². The lowest BCUT2D eigenvalue weighted by molar-refractivity contribution is 0.0425. The molecule has 7 aromatic rings. The number of rotatable bonds is 5. The summed E-state index contributed by atoms with van der Waals surface area (Å²) in [5.74, 6) is -2.96. The summed E-state index contributed by atoms with van der Waals surface area (Å²) < 4.78 is 75.5. The second-order valence-corrected chi connectivity index (χ2v) is 17.4. The van der Waals surface area contributed by atoms with Crippen LogP contribution in [-0.4, -0.2) is 20.5 Å². The van der Waals surface area contributed by atoms with Gasteiger partial charge in [-0.3, -0.25) is 9.55 Å². The van der Waals surface area contributed by atoms with Crippen LogP contribution < -0.4 is 9.15 Å². The molecule has 8 rings (SSSR count). The number of pyridine rings is 2. The van der Waals surface area contributed by atoms with E-state index in [1.54, 1.807) is 16.8 Å². The van der Waals surface area contributed by atoms with E-state index in [9.17, 15) is 0 Å². The van der Waals surface area contributed by atoms with E-state index in [0.29, 0.717) is 28.1 Å². The zero-order valence-corrected chi connectivity index (χ0v) is 32.7. The van der Waals surface area contributed by atoms with Gasteiger partial charge in [-0.05, 0) is 66.9 Å². The van der Waals surface area contributed by atoms with E-state index >= 15 is 8.78 Å². The third-order valence-corrected chi connectivity index (χ3v) is 10.4. The summed E-state index contributed by atoms with van der Waals surface area (Å²) in [7, 11) is 0. The Kier molecular flexibility index (Phi) is 7.25. The zero-order valence-electron chi connectivity index (χ0n) is 36.7. The summed E-state index contributed by atoms with van der Waals surface area (Å²) in [6.07, 6.45) is 2.99. The molecule has 0 N–H and O–H groups in total. The highest BCUT2D eigenvalue weighted by Crippen LogP contribution is 2.44. The van der Waals surface area contributed by atoms with Crippen molar-refractivity contribution in [3.8, 4) is 5.82 Å². The zero-order chi connectivity index (χ0) is 42.6. The predicted molar refractivity (Wildman–Crippen MR) is 223 cm³/mol. The van der Waals surface area contributed by atoms with Gasteiger partial charge in [-0.1, -0.05) is 111 Å². The molecule has 1 aliphatic heterocycles. The average Bonchev–Trinajstić information content (AvgIpc) is 3.75. The Labute approximate surface area is 327 Å². The predicted octanol–water partition coefficient (Wildman–Crippen LogP) is 12.5. The molecule has 0 spiro atoms. The fourth-order valence-corrected chi connectivity index (χ4v) is 7.26. The first-order valence-corrected chi connectivity index (χ1v) is 18.6. The summed E-state index contributed by atoms with van der Waals surface area (Å²) in [5, 5.41) is 0.818. The second kappa shape index (κ2) is 12.6. The monoisotopic (exact) mass is 735 g/mol. The van der Waals surface area contributed by atoms with Crippen molar-refractivity contribution in [1.82, 2.24) is 23.7 Å². The van der Waals surface area contributed by atoms with Crippen molar-refractivity contribution in [2.24, 2.45) is 0 Å². The first-order valence-electron chi connectivity index (χ1n) is 20.6. The second-order valence-electron chi connectivity index (χ2n) is 17.4. The third-order valence-electron chi connectivity index (χ3n) is 10.4. The van der Waals surface area contributed by atoms with E-state index in [-0.39, 0.29) is 51.1 Å². The van der Waals surface area contributed by atoms with Crippen LogP contribution in [-0.2, 0) is 22.2 Å². The molecule has 0 radical (unpaired) electrons. The van der Waals surface area contributed by atoms with Gasteiger partial charge in [0, 0.05) is 64.8 Å². The Hall–Kier alpha value is -5.78. The number of nitrogens with zero attached hydrogens (tertiary/aromatic N) is 5. The Balaban J connectivity index is 1.38. The van der Waals surface area contributed by atoms with Gasteiger partial charge in [0.25, 0.3) is 17.3 Å². The molecule has 5 nitrogen and oxygen atoms in total. The van der Waals surface area contributed by atoms with Crippen molar-refractivity contribution in [2.75, 3.05) is 0 Å². The van der Waals surface area contributed by atoms with Gasteiger partial charge in [0.1, 0.15) is 5.82 Å². The minimum atomic E-state index is -3.56. The topological polar surface area (TPSA) is 36.7 Å². The molecule has 0 atom stereocenters. The van der Waals surface area contributed by atoms with Gasteiger partial charge in [0.05, 0.1) is 22.0 Å². The number of fused-ring (bicyclic) bond motifs is 4. The van der Waals surface area contributed by atoms with Crippen LogP contribution in [0.15, 0.2) is 121 Å². The number of para-hydroxylation sites is 4. The molecule has 276 valence electrons. The molecule has 0 saturated heterocycles. The van der Waals surface area contributed by atoms with Crippen LogP contribution in [0.4, 0.5) is 31.5 Å². The summed E-state index contributed by atoms with van der Waals surface area (Å²) in [4.78, 5) is 9.40. The van der Waals surface area contributed by atoms with Gasteiger partial charge in [-0.2, -0.15) is 8.78 Å². The van der Waals surface area contributed by atoms with Crippen LogP contribution in [0.5, 0.6) is 0 Å². The van der Waals surface area contributed by atoms with Crippen molar-refractivity contribution < 1.29 is 14.3 Å². The fraction of sp³-hybridized carbons (Fsp3) is 0.271. The smallest absolute Gasteiger partial charge is 0.292 e. The normalized spacial score (nSPS) is 14.7. The molecule has 7 heteroatoms. The van der Waals surface area contributed by atoms with E-state index in [4.69, 9.17) is 10.5 Å². The number of alkyl halides is 2. The molecule has 1 aliphatic rings. The van der Waals surface area contributed by atoms with Gasteiger partial charge >= 0.3 is 6.01 Å². The van der Waals surface area contributed by atoms with Gasteiger partial charge < -0.3 is 0 Å². The Morgan fingerprint density at radius 1 is 0.618 bits per heavy atom. The maximum absolute atomic E-state index is 17.5. The van der Waals surface area contributed by atoms with E-state index in [1.165, 1.54) is 29.0 Å². The number of halogens is 2. The summed E-state index contributed by atoms with van der Waals surface area (Å²) in [5.41, 5.74) is 4.00. The lowest BCUT2D eigenvalue weighted by atomic mass is 9.84. The van der Waals surface area contributed by atoms with Crippen LogP contribution in [0.25, 0.3) is 27.8 Å². The number of aromatic nitrogens is 3. The van der Waals surface area contributed by atoms with Crippen LogP contribution in [0, 0.1) is 0 Å². The van der Waals surface area contributed by atoms with E-state index in [1.807, 2.05) is 86.0 Å². The molecule has 4 aromatic carbocycles. The quantitative estimate of drug-likeness (QED) is 0.165. The number of hydrogen-bond donors (Lipinski definition) is 0. The first kappa shape index (κ1) is 31.6. The molecule has 0 amide bonds. The first-order chi connectivity index (χ1) is 27.6. The van der Waals surface area contributed by atoms with Crippen molar-refractivity contribution in [3.05, 3.63) is 149 Å². The van der Waals surface area contributed by atoms with E-state index in [2.05, 4.69) is 52.5 Å². The fourth-order valence-electron chi connectivity index (χ4n) is 7.26. The number of hydrogen-bond acceptors (Lipinski definition) is 2. The summed E-state index contributed by atoms with van der Waals surface area (Å²) in [6.45, 7) is 18.4. The van der Waals surface area contributed by atoms with Gasteiger partial charge in [0.2, 0.25) is 11.4 Å². The van der Waals surface area contributed by atoms with Crippen molar-refractivity contribution in [1.29, 1.82) is 0 Å². The molecule has 0 aliphatic carbocycles. The van der Waals surface area contributed by atoms with E-state index in [0.717, 1.165) is 22.0 Å². The Morgan fingerprint density at radius 2 is 1.27 bits per heavy atom. The highest BCUT2D eigenvalue weighted by molar-refractivity contribution is 6.07. The van der Waals surface area contributed by atoms with Crippen molar-refractivity contribution in [3.63, 3.8) is 0 Å². The molecule has 4 heterocycles. The van der Waals surface area contributed by atoms with Gasteiger partial charge in [-0.15, -0.1) is 0 Å². The molecule has 0 fully saturated rings. The largest absolute Gasteiger partial charge is 0.503 e. The molecular weight excluding hydrogens is 685 g/mol. The van der Waals surface area contributed by atoms with Gasteiger partial charge in [0.15, 0.2) is 0 Å². The average molecular weight is 736 g/mol. The molecule has 0 bridgehead atoms. The highest BCUT2D eigenvalue weighted by Gasteiger charge is 2.42. The van der Waals surface area contributed by atoms with Crippen LogP contribution >= 0.6 is 0 Å². The Bertz CT molecular complexity index is 2960. The molecule has 3 aromatic heterocycles. The van der Waals surface area contributed by atoms with Crippen LogP contribution in [0.2, 0.25) is 0 Å². The highest BCUT2D eigenvalue weighted by atomic mass is 19.3. The summed E-state index contributed by atoms with van der Waals surface area (Å²) in [6, 6.07) is 27.4. The van der Waals surface area contributed by atoms with Crippen LogP contribution in [0.1, 0.15) is 95.6 Å². The molecular formula is C48H47F2N5+2. The minimum Gasteiger partial charge on any atom is -0.292 e. The van der Waals surface area contributed by atoms with Gasteiger partial charge in [-0.25, -0.2) is 4.98 Å². The molecule has 0 saturated carbocycles. The maximum atomic E-state index is 17.5. The Morgan fingerprint density at radius 3 is 1.98 bits per heavy atom. The molecule has 0 unspecified atom stereocenters. The maximum Gasteiger partial charge on any atom is 0.503 e. The molecule has 55 heavy (non-hydrogen) atoms. The van der Waals surface area contributed by atoms with Crippen molar-refractivity contribution >= 4 is 50.7 Å². The number of benzene rings is 4. The van der Waals surface area contributed by atoms with E-state index < -0.39 is 23.4 Å². The lowest BCUT2D eigenvalue weighted by Crippen LogP contribution is -2.19. The summed E-state index contributed by atoms with van der Waals surface area (Å²) >= 11 is 0. The third kappa shape index (κ3) is 6.27.